The predicted molar refractivity (Wildman–Crippen MR) is 101 cm³/mol. The molecule has 1 aromatic heterocycles. The molecule has 0 N–H and O–H groups in total. The third-order valence-corrected chi connectivity index (χ3v) is 5.54. The average molecular weight is 374 g/mol. The molecule has 0 aliphatic carbocycles. The number of carbonyl (C=O) groups is 1. The molecule has 0 bridgehead atoms. The number of ether oxygens (including phenoxy) is 1. The Balaban J connectivity index is 1.70. The van der Waals surface area contributed by atoms with E-state index in [1.807, 2.05) is 17.9 Å². The van der Waals surface area contributed by atoms with Crippen LogP contribution in [0.1, 0.15) is 29.3 Å². The molecule has 6 heteroatoms. The largest absolute Gasteiger partial charge is 0.381 e. The highest BCUT2D eigenvalue weighted by atomic mass is 32.2. The van der Waals surface area contributed by atoms with Crippen molar-refractivity contribution < 1.29 is 13.9 Å². The van der Waals surface area contributed by atoms with Crippen molar-refractivity contribution in [1.29, 1.82) is 0 Å². The van der Waals surface area contributed by atoms with Gasteiger partial charge in [-0.05, 0) is 43.2 Å². The normalized spacial score (nSPS) is 16.6. The first kappa shape index (κ1) is 18.9. The summed E-state index contributed by atoms with van der Waals surface area (Å²) >= 11 is 1.50. The molecule has 1 amide bonds. The summed E-state index contributed by atoms with van der Waals surface area (Å²) in [5, 5.41) is 0.711. The first-order valence-electron chi connectivity index (χ1n) is 8.86. The Morgan fingerprint density at radius 1 is 1.35 bits per heavy atom. The topological polar surface area (TPSA) is 42.4 Å². The van der Waals surface area contributed by atoms with Crippen LogP contribution in [0.5, 0.6) is 0 Å². The van der Waals surface area contributed by atoms with Gasteiger partial charge in [0.2, 0.25) is 0 Å². The number of benzene rings is 1. The van der Waals surface area contributed by atoms with Gasteiger partial charge in [0.25, 0.3) is 5.91 Å². The van der Waals surface area contributed by atoms with Crippen LogP contribution in [0.3, 0.4) is 0 Å². The Kier molecular flexibility index (Phi) is 6.63. The summed E-state index contributed by atoms with van der Waals surface area (Å²) in [4.78, 5) is 19.3. The zero-order valence-corrected chi connectivity index (χ0v) is 15.7. The number of aromatic nitrogens is 1. The van der Waals surface area contributed by atoms with Crippen molar-refractivity contribution in [3.05, 3.63) is 59.5 Å². The van der Waals surface area contributed by atoms with E-state index >= 15 is 0 Å². The quantitative estimate of drug-likeness (QED) is 0.687. The number of rotatable bonds is 7. The van der Waals surface area contributed by atoms with E-state index in [2.05, 4.69) is 4.98 Å². The van der Waals surface area contributed by atoms with E-state index in [0.717, 1.165) is 25.2 Å². The van der Waals surface area contributed by atoms with Crippen LogP contribution in [0.4, 0.5) is 4.39 Å². The van der Waals surface area contributed by atoms with Gasteiger partial charge in [-0.1, -0.05) is 12.1 Å². The Hall–Kier alpha value is -1.92. The fourth-order valence-electron chi connectivity index (χ4n) is 2.97. The van der Waals surface area contributed by atoms with E-state index in [4.69, 9.17) is 4.74 Å². The molecule has 1 saturated heterocycles. The van der Waals surface area contributed by atoms with Crippen molar-refractivity contribution >= 4 is 17.7 Å². The number of pyridine rings is 1. The molecule has 3 rings (SSSR count). The first-order valence-corrected chi connectivity index (χ1v) is 9.85. The highest BCUT2D eigenvalue weighted by molar-refractivity contribution is 7.98. The van der Waals surface area contributed by atoms with E-state index in [0.29, 0.717) is 35.3 Å². The first-order chi connectivity index (χ1) is 12.7. The second-order valence-corrected chi connectivity index (χ2v) is 7.31. The van der Waals surface area contributed by atoms with Crippen LogP contribution in [0.2, 0.25) is 0 Å². The van der Waals surface area contributed by atoms with Crippen LogP contribution in [0.25, 0.3) is 0 Å². The van der Waals surface area contributed by atoms with Crippen LogP contribution in [0, 0.1) is 11.7 Å². The maximum absolute atomic E-state index is 13.0. The monoisotopic (exact) mass is 374 g/mol. The van der Waals surface area contributed by atoms with E-state index < -0.39 is 0 Å². The number of hydrogen-bond acceptors (Lipinski definition) is 4. The molecule has 138 valence electrons. The number of hydrogen-bond donors (Lipinski definition) is 0. The molecular formula is C20H23FN2O2S. The lowest BCUT2D eigenvalue weighted by Crippen LogP contribution is -2.35. The number of thioether (sulfide) groups is 1. The number of carbonyl (C=O) groups excluding carboxylic acids is 1. The summed E-state index contributed by atoms with van der Waals surface area (Å²) in [6.45, 7) is 4.87. The minimum absolute atomic E-state index is 0.00843. The van der Waals surface area contributed by atoms with Gasteiger partial charge in [0, 0.05) is 37.6 Å². The van der Waals surface area contributed by atoms with Crippen molar-refractivity contribution in [2.24, 2.45) is 5.92 Å². The van der Waals surface area contributed by atoms with Gasteiger partial charge in [-0.3, -0.25) is 4.79 Å². The number of halogens is 1. The van der Waals surface area contributed by atoms with Gasteiger partial charge in [0.15, 0.2) is 0 Å². The summed E-state index contributed by atoms with van der Waals surface area (Å²) in [5.74, 6) is 0.808. The second-order valence-electron chi connectivity index (χ2n) is 6.34. The van der Waals surface area contributed by atoms with Crippen LogP contribution in [-0.2, 0) is 10.5 Å². The maximum atomic E-state index is 13.0. The molecule has 2 heterocycles. The summed E-state index contributed by atoms with van der Waals surface area (Å²) in [5.41, 5.74) is 1.62. The van der Waals surface area contributed by atoms with Gasteiger partial charge >= 0.3 is 0 Å². The Bertz CT molecular complexity index is 733. The molecule has 0 saturated carbocycles. The summed E-state index contributed by atoms with van der Waals surface area (Å²) in [6.07, 6.45) is 2.70. The zero-order chi connectivity index (χ0) is 18.4. The summed E-state index contributed by atoms with van der Waals surface area (Å²) in [7, 11) is 0. The summed E-state index contributed by atoms with van der Waals surface area (Å²) in [6, 6.07) is 10.0. The third kappa shape index (κ3) is 4.83. The van der Waals surface area contributed by atoms with Crippen LogP contribution < -0.4 is 0 Å². The predicted octanol–water partition coefficient (Wildman–Crippen LogP) is 4.01. The van der Waals surface area contributed by atoms with Gasteiger partial charge in [-0.25, -0.2) is 9.37 Å². The van der Waals surface area contributed by atoms with Gasteiger partial charge in [0.05, 0.1) is 12.2 Å². The Morgan fingerprint density at radius 2 is 2.15 bits per heavy atom. The van der Waals surface area contributed by atoms with E-state index in [1.54, 1.807) is 24.4 Å². The molecule has 1 atom stereocenters. The lowest BCUT2D eigenvalue weighted by molar-refractivity contribution is 0.0726. The van der Waals surface area contributed by atoms with Crippen molar-refractivity contribution in [3.63, 3.8) is 0 Å². The Labute approximate surface area is 157 Å². The summed E-state index contributed by atoms with van der Waals surface area (Å²) < 4.78 is 18.5. The van der Waals surface area contributed by atoms with Crippen molar-refractivity contribution in [2.45, 2.75) is 24.1 Å². The number of amides is 1. The fraction of sp³-hybridized carbons (Fsp3) is 0.400. The molecule has 1 aromatic carbocycles. The maximum Gasteiger partial charge on any atom is 0.256 e. The molecule has 2 aromatic rings. The highest BCUT2D eigenvalue weighted by Crippen LogP contribution is 2.26. The smallest absolute Gasteiger partial charge is 0.256 e. The van der Waals surface area contributed by atoms with E-state index in [1.165, 1.54) is 23.9 Å². The van der Waals surface area contributed by atoms with Crippen LogP contribution in [0.15, 0.2) is 47.6 Å². The van der Waals surface area contributed by atoms with Gasteiger partial charge in [-0.15, -0.1) is 11.8 Å². The van der Waals surface area contributed by atoms with Crippen molar-refractivity contribution in [1.82, 2.24) is 9.88 Å². The van der Waals surface area contributed by atoms with E-state index in [9.17, 15) is 9.18 Å². The SMILES string of the molecule is CCN(CC1CCOC1)C(=O)c1cccnc1SCc1ccc(F)cc1. The molecule has 4 nitrogen and oxygen atoms in total. The fourth-order valence-corrected chi connectivity index (χ4v) is 3.91. The third-order valence-electron chi connectivity index (χ3n) is 4.46. The zero-order valence-electron chi connectivity index (χ0n) is 14.9. The van der Waals surface area contributed by atoms with Crippen molar-refractivity contribution in [2.75, 3.05) is 26.3 Å². The molecule has 0 spiro atoms. The average Bonchev–Trinajstić information content (AvgIpc) is 3.18. The highest BCUT2D eigenvalue weighted by Gasteiger charge is 2.24. The van der Waals surface area contributed by atoms with Gasteiger partial charge in [0.1, 0.15) is 10.8 Å². The lowest BCUT2D eigenvalue weighted by atomic mass is 10.1. The lowest BCUT2D eigenvalue weighted by Gasteiger charge is -2.24. The van der Waals surface area contributed by atoms with Crippen LogP contribution >= 0.6 is 11.8 Å². The minimum atomic E-state index is -0.248. The molecule has 26 heavy (non-hydrogen) atoms. The van der Waals surface area contributed by atoms with Crippen LogP contribution in [-0.4, -0.2) is 42.1 Å². The molecule has 1 fully saturated rings. The van der Waals surface area contributed by atoms with Crippen molar-refractivity contribution in [3.8, 4) is 0 Å². The van der Waals surface area contributed by atoms with E-state index in [-0.39, 0.29) is 11.7 Å². The second kappa shape index (κ2) is 9.14. The minimum Gasteiger partial charge on any atom is -0.381 e. The molecular weight excluding hydrogens is 351 g/mol. The molecule has 1 unspecified atom stereocenters. The standard InChI is InChI=1S/C20H23FN2O2S/c1-2-23(12-16-9-11-25-13-16)20(24)18-4-3-10-22-19(18)26-14-15-5-7-17(21)8-6-15/h3-8,10,16H,2,9,11-14H2,1H3. The Morgan fingerprint density at radius 3 is 2.85 bits per heavy atom. The van der Waals surface area contributed by atoms with Gasteiger partial charge in [-0.2, -0.15) is 0 Å². The van der Waals surface area contributed by atoms with Gasteiger partial charge < -0.3 is 9.64 Å². The molecule has 1 aliphatic rings. The molecule has 0 radical (unpaired) electrons. The number of nitrogens with zero attached hydrogens (tertiary/aromatic N) is 2. The molecule has 1 aliphatic heterocycles.